The molecule has 2 aromatic heterocycles. The summed E-state index contributed by atoms with van der Waals surface area (Å²) >= 11 is 0. The summed E-state index contributed by atoms with van der Waals surface area (Å²) in [6.07, 6.45) is 7.14. The van der Waals surface area contributed by atoms with Gasteiger partial charge in [0, 0.05) is 42.2 Å². The van der Waals surface area contributed by atoms with Crippen LogP contribution >= 0.6 is 0 Å². The first-order chi connectivity index (χ1) is 18.6. The highest BCUT2D eigenvalue weighted by Gasteiger charge is 2.22. The van der Waals surface area contributed by atoms with Crippen LogP contribution in [0.25, 0.3) is 16.7 Å². The predicted octanol–water partition coefficient (Wildman–Crippen LogP) is 4.32. The maximum absolute atomic E-state index is 15.1. The number of carbonyl (C=O) groups excluding carboxylic acids is 1. The van der Waals surface area contributed by atoms with Gasteiger partial charge in [0.05, 0.1) is 18.8 Å². The Balaban J connectivity index is 1.19. The molecule has 4 aromatic rings. The molecule has 0 bridgehead atoms. The van der Waals surface area contributed by atoms with Crippen molar-refractivity contribution in [2.24, 2.45) is 5.92 Å². The van der Waals surface area contributed by atoms with E-state index in [1.54, 1.807) is 27.8 Å². The first-order valence-electron chi connectivity index (χ1n) is 13.2. The van der Waals surface area contributed by atoms with E-state index in [1.165, 1.54) is 24.5 Å². The van der Waals surface area contributed by atoms with Crippen LogP contribution in [-0.2, 0) is 11.2 Å². The number of fused-ring (bicyclic) bond motifs is 1. The van der Waals surface area contributed by atoms with Crippen molar-refractivity contribution in [3.05, 3.63) is 77.9 Å². The van der Waals surface area contributed by atoms with E-state index in [4.69, 9.17) is 9.72 Å². The van der Waals surface area contributed by atoms with Crippen molar-refractivity contribution in [1.82, 2.24) is 24.8 Å². The number of hydrogen-bond acceptors (Lipinski definition) is 6. The minimum atomic E-state index is -0.558. The van der Waals surface area contributed by atoms with Gasteiger partial charge in [-0.3, -0.25) is 4.79 Å². The Morgan fingerprint density at radius 1 is 1.08 bits per heavy atom. The highest BCUT2D eigenvalue weighted by Crippen LogP contribution is 2.24. The van der Waals surface area contributed by atoms with Crippen LogP contribution in [0.15, 0.2) is 60.9 Å². The molecule has 2 N–H and O–H groups in total. The van der Waals surface area contributed by atoms with Gasteiger partial charge in [0.25, 0.3) is 5.91 Å². The number of morpholine rings is 1. The summed E-state index contributed by atoms with van der Waals surface area (Å²) in [5, 5.41) is 7.54. The number of piperidine rings is 1. The van der Waals surface area contributed by atoms with Gasteiger partial charge in [-0.25, -0.2) is 9.37 Å². The maximum atomic E-state index is 15.1. The zero-order valence-corrected chi connectivity index (χ0v) is 21.2. The standard InChI is InChI=1S/C29H31FN6O2/c30-26-18-24(5-6-25(26)28(37)35-13-15-38-16-14-35)36-12-9-22-19-32-29(34-27(22)36)33-23-3-1-20(2-4-23)17-21-7-10-31-11-8-21/h1-6,9,12,18-19,21,31H,7-8,10-11,13-17H2,(H,32,33,34). The number of nitrogens with one attached hydrogen (secondary N) is 2. The van der Waals surface area contributed by atoms with Crippen molar-refractivity contribution in [2.45, 2.75) is 19.3 Å². The Hall–Kier alpha value is -3.82. The largest absolute Gasteiger partial charge is 0.378 e. The molecule has 0 aliphatic carbocycles. The van der Waals surface area contributed by atoms with Gasteiger partial charge in [0.2, 0.25) is 5.95 Å². The molecule has 2 saturated heterocycles. The minimum Gasteiger partial charge on any atom is -0.378 e. The summed E-state index contributed by atoms with van der Waals surface area (Å²) in [7, 11) is 0. The number of carbonyl (C=O) groups is 1. The highest BCUT2D eigenvalue weighted by atomic mass is 19.1. The summed E-state index contributed by atoms with van der Waals surface area (Å²) in [4.78, 5) is 23.5. The number of nitrogens with zero attached hydrogens (tertiary/aromatic N) is 4. The maximum Gasteiger partial charge on any atom is 0.256 e. The SMILES string of the molecule is O=C(c1ccc(-n2ccc3cnc(Nc4ccc(CC5CCNCC5)cc4)nc32)cc1F)N1CCOCC1. The first-order valence-corrected chi connectivity index (χ1v) is 13.2. The fraction of sp³-hybridized carbons (Fsp3) is 0.345. The normalized spacial score (nSPS) is 16.6. The summed E-state index contributed by atoms with van der Waals surface area (Å²) in [5.41, 5.74) is 3.55. The Labute approximate surface area is 220 Å². The molecule has 2 aliphatic heterocycles. The average Bonchev–Trinajstić information content (AvgIpc) is 3.38. The number of hydrogen-bond donors (Lipinski definition) is 2. The van der Waals surface area contributed by atoms with Gasteiger partial charge in [0.15, 0.2) is 0 Å². The number of aromatic nitrogens is 3. The van der Waals surface area contributed by atoms with Gasteiger partial charge < -0.3 is 24.8 Å². The number of amides is 1. The summed E-state index contributed by atoms with van der Waals surface area (Å²) < 4.78 is 22.2. The lowest BCUT2D eigenvalue weighted by atomic mass is 9.91. The average molecular weight is 515 g/mol. The molecule has 6 rings (SSSR count). The lowest BCUT2D eigenvalue weighted by Crippen LogP contribution is -2.41. The second-order valence-corrected chi connectivity index (χ2v) is 9.95. The first kappa shape index (κ1) is 24.5. The van der Waals surface area contributed by atoms with Crippen LogP contribution < -0.4 is 10.6 Å². The summed E-state index contributed by atoms with van der Waals surface area (Å²) in [6, 6.07) is 15.0. The smallest absolute Gasteiger partial charge is 0.256 e. The van der Waals surface area contributed by atoms with Crippen LogP contribution in [-0.4, -0.2) is 64.7 Å². The van der Waals surface area contributed by atoms with E-state index in [0.717, 1.165) is 36.5 Å². The van der Waals surface area contributed by atoms with Crippen LogP contribution in [0.1, 0.15) is 28.8 Å². The van der Waals surface area contributed by atoms with Crippen LogP contribution in [0.2, 0.25) is 0 Å². The van der Waals surface area contributed by atoms with Crippen molar-refractivity contribution in [3.63, 3.8) is 0 Å². The molecule has 0 unspecified atom stereocenters. The Bertz CT molecular complexity index is 1430. The van der Waals surface area contributed by atoms with Gasteiger partial charge in [-0.1, -0.05) is 12.1 Å². The van der Waals surface area contributed by atoms with Gasteiger partial charge in [0.1, 0.15) is 11.5 Å². The molecular formula is C29H31FN6O2. The van der Waals surface area contributed by atoms with Gasteiger partial charge >= 0.3 is 0 Å². The quantitative estimate of drug-likeness (QED) is 0.399. The van der Waals surface area contributed by atoms with E-state index in [0.29, 0.717) is 43.6 Å². The number of rotatable bonds is 6. The van der Waals surface area contributed by atoms with Crippen molar-refractivity contribution in [2.75, 3.05) is 44.7 Å². The van der Waals surface area contributed by atoms with Crippen LogP contribution in [0.5, 0.6) is 0 Å². The van der Waals surface area contributed by atoms with Crippen molar-refractivity contribution >= 4 is 28.6 Å². The molecule has 1 amide bonds. The van der Waals surface area contributed by atoms with Crippen molar-refractivity contribution in [1.29, 1.82) is 0 Å². The Kier molecular flexibility index (Phi) is 7.02. The molecule has 196 valence electrons. The molecule has 0 atom stereocenters. The monoisotopic (exact) mass is 514 g/mol. The van der Waals surface area contributed by atoms with Crippen LogP contribution in [0, 0.1) is 11.7 Å². The second-order valence-electron chi connectivity index (χ2n) is 9.95. The zero-order valence-electron chi connectivity index (χ0n) is 21.2. The Morgan fingerprint density at radius 3 is 2.63 bits per heavy atom. The zero-order chi connectivity index (χ0) is 25.9. The number of anilines is 2. The summed E-state index contributed by atoms with van der Waals surface area (Å²) in [6.45, 7) is 4.09. The number of benzene rings is 2. The fourth-order valence-electron chi connectivity index (χ4n) is 5.22. The number of ether oxygens (including phenoxy) is 1. The Morgan fingerprint density at radius 2 is 1.87 bits per heavy atom. The third kappa shape index (κ3) is 5.25. The van der Waals surface area contributed by atoms with E-state index >= 15 is 4.39 Å². The molecule has 9 heteroatoms. The lowest BCUT2D eigenvalue weighted by molar-refractivity contribution is 0.0300. The molecule has 2 aromatic carbocycles. The molecule has 8 nitrogen and oxygen atoms in total. The van der Waals surface area contributed by atoms with E-state index in [1.807, 2.05) is 12.3 Å². The third-order valence-electron chi connectivity index (χ3n) is 7.38. The van der Waals surface area contributed by atoms with E-state index in [-0.39, 0.29) is 11.5 Å². The molecule has 0 saturated carbocycles. The van der Waals surface area contributed by atoms with Crippen LogP contribution in [0.3, 0.4) is 0 Å². The topological polar surface area (TPSA) is 84.3 Å². The minimum absolute atomic E-state index is 0.0627. The molecular weight excluding hydrogens is 483 g/mol. The summed E-state index contributed by atoms with van der Waals surface area (Å²) in [5.74, 6) is 0.330. The number of halogens is 1. The molecule has 2 fully saturated rings. The second kappa shape index (κ2) is 10.9. The third-order valence-corrected chi connectivity index (χ3v) is 7.38. The molecule has 4 heterocycles. The van der Waals surface area contributed by atoms with E-state index < -0.39 is 5.82 Å². The molecule has 2 aliphatic rings. The highest BCUT2D eigenvalue weighted by molar-refractivity contribution is 5.95. The van der Waals surface area contributed by atoms with Gasteiger partial charge in [-0.05, 0) is 80.2 Å². The molecule has 0 radical (unpaired) electrons. The molecule has 38 heavy (non-hydrogen) atoms. The van der Waals surface area contributed by atoms with Crippen LogP contribution in [0.4, 0.5) is 16.0 Å². The van der Waals surface area contributed by atoms with Gasteiger partial charge in [-0.2, -0.15) is 4.98 Å². The van der Waals surface area contributed by atoms with Crippen molar-refractivity contribution in [3.8, 4) is 5.69 Å². The molecule has 0 spiro atoms. The van der Waals surface area contributed by atoms with E-state index in [9.17, 15) is 4.79 Å². The van der Waals surface area contributed by atoms with Crippen molar-refractivity contribution < 1.29 is 13.9 Å². The predicted molar refractivity (Wildman–Crippen MR) is 145 cm³/mol. The van der Waals surface area contributed by atoms with Gasteiger partial charge in [-0.15, -0.1) is 0 Å². The van der Waals surface area contributed by atoms with E-state index in [2.05, 4.69) is 39.9 Å². The fourth-order valence-corrected chi connectivity index (χ4v) is 5.22. The lowest BCUT2D eigenvalue weighted by Gasteiger charge is -2.27.